The summed E-state index contributed by atoms with van der Waals surface area (Å²) in [5.74, 6) is -4.44. The Balaban J connectivity index is 1.96. The van der Waals surface area contributed by atoms with E-state index in [4.69, 9.17) is 5.73 Å². The molecule has 0 unspecified atom stereocenters. The summed E-state index contributed by atoms with van der Waals surface area (Å²) in [7, 11) is 0. The van der Waals surface area contributed by atoms with Crippen molar-refractivity contribution in [2.45, 2.75) is 38.3 Å². The van der Waals surface area contributed by atoms with Crippen molar-refractivity contribution in [1.82, 2.24) is 4.90 Å². The first-order valence-corrected chi connectivity index (χ1v) is 9.46. The van der Waals surface area contributed by atoms with Gasteiger partial charge in [0.1, 0.15) is 5.82 Å². The molecule has 0 aliphatic carbocycles. The van der Waals surface area contributed by atoms with Crippen LogP contribution in [0.5, 0.6) is 0 Å². The van der Waals surface area contributed by atoms with Crippen molar-refractivity contribution in [3.05, 3.63) is 59.9 Å². The summed E-state index contributed by atoms with van der Waals surface area (Å²) in [6, 6.07) is 11.0. The maximum atomic E-state index is 15.2. The molecule has 3 N–H and O–H groups in total. The second-order valence-electron chi connectivity index (χ2n) is 8.18. The standard InChI is InChI=1S/C22H25F3N2O2/c1-21(2,13-28)20(29)27-12-22(24,25)19(26)17(27)11-15-9-6-10-16(18(15)23)14-7-4-3-5-8-14/h3-10,17,19,28H,11-13,26H2,1-2H3/t17-,19+/m0/s1. The van der Waals surface area contributed by atoms with Crippen molar-refractivity contribution in [3.63, 3.8) is 0 Å². The number of halogens is 3. The number of hydrogen-bond donors (Lipinski definition) is 2. The molecule has 2 atom stereocenters. The highest BCUT2D eigenvalue weighted by Gasteiger charge is 2.55. The van der Waals surface area contributed by atoms with Gasteiger partial charge in [-0.15, -0.1) is 0 Å². The molecule has 1 aliphatic heterocycles. The van der Waals surface area contributed by atoms with Crippen molar-refractivity contribution in [2.75, 3.05) is 13.2 Å². The van der Waals surface area contributed by atoms with Crippen LogP contribution in [0.3, 0.4) is 0 Å². The van der Waals surface area contributed by atoms with Crippen LogP contribution >= 0.6 is 0 Å². The SMILES string of the molecule is CC(C)(CO)C(=O)N1CC(F)(F)[C@H](N)[C@@H]1Cc1cccc(-c2ccccc2)c1F. The van der Waals surface area contributed by atoms with E-state index in [1.807, 2.05) is 6.07 Å². The monoisotopic (exact) mass is 406 g/mol. The van der Waals surface area contributed by atoms with Crippen LogP contribution in [-0.4, -0.2) is 47.1 Å². The van der Waals surface area contributed by atoms with E-state index >= 15 is 4.39 Å². The molecule has 0 spiro atoms. The first kappa shape index (κ1) is 21.3. The molecule has 1 heterocycles. The summed E-state index contributed by atoms with van der Waals surface area (Å²) in [6.45, 7) is 1.62. The summed E-state index contributed by atoms with van der Waals surface area (Å²) in [5, 5.41) is 9.48. The smallest absolute Gasteiger partial charge is 0.282 e. The molecule has 1 fully saturated rings. The van der Waals surface area contributed by atoms with Gasteiger partial charge in [0.2, 0.25) is 5.91 Å². The number of hydrogen-bond acceptors (Lipinski definition) is 3. The molecule has 1 aliphatic rings. The fourth-order valence-corrected chi connectivity index (χ4v) is 3.64. The van der Waals surface area contributed by atoms with Gasteiger partial charge in [-0.1, -0.05) is 48.5 Å². The average Bonchev–Trinajstić information content (AvgIpc) is 2.93. The van der Waals surface area contributed by atoms with E-state index in [9.17, 15) is 18.7 Å². The predicted molar refractivity (Wildman–Crippen MR) is 105 cm³/mol. The number of aliphatic hydroxyl groups excluding tert-OH is 1. The lowest BCUT2D eigenvalue weighted by Gasteiger charge is -2.32. The van der Waals surface area contributed by atoms with Gasteiger partial charge in [-0.3, -0.25) is 4.79 Å². The summed E-state index contributed by atoms with van der Waals surface area (Å²) in [4.78, 5) is 13.8. The molecule has 2 aromatic rings. The molecule has 3 rings (SSSR count). The Hall–Kier alpha value is -2.38. The molecule has 7 heteroatoms. The lowest BCUT2D eigenvalue weighted by molar-refractivity contribution is -0.144. The zero-order valence-corrected chi connectivity index (χ0v) is 16.4. The molecular weight excluding hydrogens is 381 g/mol. The van der Waals surface area contributed by atoms with Crippen LogP contribution in [0.15, 0.2) is 48.5 Å². The molecule has 1 amide bonds. The zero-order valence-electron chi connectivity index (χ0n) is 16.4. The Morgan fingerprint density at radius 3 is 2.48 bits per heavy atom. The molecule has 1 saturated heterocycles. The Morgan fingerprint density at radius 1 is 1.21 bits per heavy atom. The summed E-state index contributed by atoms with van der Waals surface area (Å²) >= 11 is 0. The summed E-state index contributed by atoms with van der Waals surface area (Å²) in [5.41, 5.74) is 5.79. The second-order valence-corrected chi connectivity index (χ2v) is 8.18. The lowest BCUT2D eigenvalue weighted by atomic mass is 9.91. The first-order chi connectivity index (χ1) is 13.6. The molecule has 0 aromatic heterocycles. The number of amides is 1. The van der Waals surface area contributed by atoms with E-state index in [0.29, 0.717) is 11.1 Å². The number of nitrogens with zero attached hydrogens (tertiary/aromatic N) is 1. The van der Waals surface area contributed by atoms with Crippen LogP contribution in [0.25, 0.3) is 11.1 Å². The molecule has 156 valence electrons. The van der Waals surface area contributed by atoms with Crippen molar-refractivity contribution in [2.24, 2.45) is 11.1 Å². The maximum Gasteiger partial charge on any atom is 0.282 e. The minimum atomic E-state index is -3.29. The topological polar surface area (TPSA) is 66.6 Å². The van der Waals surface area contributed by atoms with Crippen molar-refractivity contribution >= 4 is 5.91 Å². The molecule has 29 heavy (non-hydrogen) atoms. The Labute approximate surface area is 168 Å². The van der Waals surface area contributed by atoms with E-state index in [-0.39, 0.29) is 12.0 Å². The van der Waals surface area contributed by atoms with Crippen LogP contribution in [0.4, 0.5) is 13.2 Å². The number of carbonyl (C=O) groups excluding carboxylic acids is 1. The molecule has 4 nitrogen and oxygen atoms in total. The highest BCUT2D eigenvalue weighted by Crippen LogP contribution is 2.36. The zero-order chi connectivity index (χ0) is 21.4. The Morgan fingerprint density at radius 2 is 1.86 bits per heavy atom. The van der Waals surface area contributed by atoms with Crippen LogP contribution < -0.4 is 5.73 Å². The maximum absolute atomic E-state index is 15.2. The van der Waals surface area contributed by atoms with Gasteiger partial charge >= 0.3 is 0 Å². The number of rotatable bonds is 5. The van der Waals surface area contributed by atoms with Crippen LogP contribution in [0, 0.1) is 11.2 Å². The summed E-state index contributed by atoms with van der Waals surface area (Å²) < 4.78 is 43.9. The van der Waals surface area contributed by atoms with Crippen LogP contribution in [0.1, 0.15) is 19.4 Å². The van der Waals surface area contributed by atoms with Gasteiger partial charge in [0.15, 0.2) is 0 Å². The minimum absolute atomic E-state index is 0.142. The third-order valence-electron chi connectivity index (χ3n) is 5.51. The Bertz CT molecular complexity index is 887. The largest absolute Gasteiger partial charge is 0.395 e. The third kappa shape index (κ3) is 4.02. The van der Waals surface area contributed by atoms with Gasteiger partial charge in [-0.05, 0) is 31.4 Å². The van der Waals surface area contributed by atoms with E-state index in [0.717, 1.165) is 4.90 Å². The lowest BCUT2D eigenvalue weighted by Crippen LogP contribution is -2.50. The van der Waals surface area contributed by atoms with E-state index in [2.05, 4.69) is 0 Å². The fraction of sp³-hybridized carbons (Fsp3) is 0.409. The van der Waals surface area contributed by atoms with Gasteiger partial charge in [0, 0.05) is 5.56 Å². The van der Waals surface area contributed by atoms with Crippen LogP contribution in [0.2, 0.25) is 0 Å². The number of alkyl halides is 2. The quantitative estimate of drug-likeness (QED) is 0.801. The normalized spacial score (nSPS) is 21.4. The van der Waals surface area contributed by atoms with Gasteiger partial charge in [0.25, 0.3) is 5.92 Å². The molecular formula is C22H25F3N2O2. The van der Waals surface area contributed by atoms with Gasteiger partial charge in [0.05, 0.1) is 30.7 Å². The number of likely N-dealkylation sites (tertiary alicyclic amines) is 1. The molecule has 0 radical (unpaired) electrons. The van der Waals surface area contributed by atoms with E-state index in [1.165, 1.54) is 19.9 Å². The fourth-order valence-electron chi connectivity index (χ4n) is 3.64. The third-order valence-corrected chi connectivity index (χ3v) is 5.51. The number of aliphatic hydroxyl groups is 1. The van der Waals surface area contributed by atoms with Crippen molar-refractivity contribution < 1.29 is 23.1 Å². The van der Waals surface area contributed by atoms with Crippen LogP contribution in [-0.2, 0) is 11.2 Å². The van der Waals surface area contributed by atoms with Gasteiger partial charge in [-0.25, -0.2) is 13.2 Å². The first-order valence-electron chi connectivity index (χ1n) is 9.46. The highest BCUT2D eigenvalue weighted by atomic mass is 19.3. The second kappa shape index (κ2) is 7.80. The van der Waals surface area contributed by atoms with Gasteiger partial charge < -0.3 is 15.7 Å². The summed E-state index contributed by atoms with van der Waals surface area (Å²) in [6.07, 6.45) is -0.142. The van der Waals surface area contributed by atoms with E-state index in [1.54, 1.807) is 36.4 Å². The Kier molecular flexibility index (Phi) is 5.74. The number of carbonyl (C=O) groups is 1. The minimum Gasteiger partial charge on any atom is -0.395 e. The molecule has 0 saturated carbocycles. The van der Waals surface area contributed by atoms with Gasteiger partial charge in [-0.2, -0.15) is 0 Å². The van der Waals surface area contributed by atoms with E-state index < -0.39 is 48.3 Å². The molecule has 0 bridgehead atoms. The molecule has 2 aromatic carbocycles. The average molecular weight is 406 g/mol. The number of benzene rings is 2. The predicted octanol–water partition coefficient (Wildman–Crippen LogP) is 3.23. The van der Waals surface area contributed by atoms with Crippen molar-refractivity contribution in [3.8, 4) is 11.1 Å². The number of nitrogens with two attached hydrogens (primary N) is 1. The highest BCUT2D eigenvalue weighted by molar-refractivity contribution is 5.83. The van der Waals surface area contributed by atoms with Crippen molar-refractivity contribution in [1.29, 1.82) is 0 Å².